The van der Waals surface area contributed by atoms with Crippen LogP contribution >= 0.6 is 0 Å². The number of aromatic nitrogens is 2. The van der Waals surface area contributed by atoms with Crippen LogP contribution in [0.4, 0.5) is 0 Å². The van der Waals surface area contributed by atoms with Gasteiger partial charge in [-0.1, -0.05) is 90.1 Å². The van der Waals surface area contributed by atoms with E-state index in [1.807, 2.05) is 65.8 Å². The van der Waals surface area contributed by atoms with E-state index in [4.69, 9.17) is 10.8 Å². The Bertz CT molecular complexity index is 4130. The monoisotopic (exact) mass is 1400 g/mol. The van der Waals surface area contributed by atoms with Crippen LogP contribution in [-0.2, 0) is 58.4 Å². The highest BCUT2D eigenvalue weighted by atomic mass is 32.2. The Hall–Kier alpha value is -8.70. The molecule has 12 rings (SSSR count). The standard InChI is InChI=1S/C35H44N6O7S.C25H39N5O6S.C10H7NO2/c1-5-22-18-35(22,33(46)40-49(47,48)24-13-14-24)39-31(44)26-17-23(37-30(43)25-10-6-8-21-9-7-15-36-28(21)25)19-41(26)32(45)29(34(2,3)4)38-27(42)16-20-11-12-20;1-5-15-12-25(15,23(34)29-37(35,36)17-8-9-17)28-21(32)18-11-16(26)13-30(18)22(33)20(24(2,3)4)27-19(31)10-14-6-7-14;12-10(13)8-5-1-3-7-4-2-6-11-9(7)8/h5-10,15,20,22-24,26,29H,1,11-14,16-19H2,2-4H3,(H,37,43)(H,38,42)(H,39,44)(H,40,46);5,14-18,20H,1,6-13,26H2,2-4H3,(H,27,31)(H,28,32)(H,29,34);1-6H,(H,12,13)/t22?,23-,26+,29-,35?;15?,16-,18+,20-,25?;/m11./s1. The molecule has 6 saturated carbocycles. The van der Waals surface area contributed by atoms with E-state index >= 15 is 0 Å². The van der Waals surface area contributed by atoms with Crippen LogP contribution in [-0.4, -0.2) is 172 Å². The number of likely N-dealkylation sites (tertiary alicyclic amines) is 2. The number of carbonyl (C=O) groups is 10. The van der Waals surface area contributed by atoms with Gasteiger partial charge in [0.1, 0.15) is 35.2 Å². The molecule has 8 aliphatic rings. The summed E-state index contributed by atoms with van der Waals surface area (Å²) < 4.78 is 54.2. The quantitative estimate of drug-likeness (QED) is 0.0477. The van der Waals surface area contributed by atoms with E-state index in [1.54, 1.807) is 48.8 Å². The van der Waals surface area contributed by atoms with Gasteiger partial charge in [-0.15, -0.1) is 13.2 Å². The predicted octanol–water partition coefficient (Wildman–Crippen LogP) is 3.78. The zero-order valence-corrected chi connectivity index (χ0v) is 58.2. The van der Waals surface area contributed by atoms with Gasteiger partial charge in [0, 0.05) is 73.0 Å². The second kappa shape index (κ2) is 28.5. The molecule has 4 heterocycles. The fourth-order valence-electron chi connectivity index (χ4n) is 12.9. The Morgan fingerprint density at radius 1 is 0.596 bits per heavy atom. The lowest BCUT2D eigenvalue weighted by molar-refractivity contribution is -0.144. The molecule has 10 N–H and O–H groups in total. The predicted molar refractivity (Wildman–Crippen MR) is 366 cm³/mol. The molecule has 2 aliphatic heterocycles. The van der Waals surface area contributed by atoms with Crippen molar-refractivity contribution in [3.05, 3.63) is 109 Å². The topological polar surface area (TPSA) is 402 Å². The number of hydrogen-bond acceptors (Lipinski definition) is 17. The van der Waals surface area contributed by atoms with Gasteiger partial charge < -0.3 is 47.2 Å². The Morgan fingerprint density at radius 2 is 1.00 bits per heavy atom. The molecular formula is C70H90N12O15S2. The maximum atomic E-state index is 14.4. The number of nitrogens with two attached hydrogens (primary N) is 1. The fraction of sp³-hybridized carbons (Fsp3) is 0.543. The van der Waals surface area contributed by atoms with Gasteiger partial charge in [0.2, 0.25) is 55.5 Å². The van der Waals surface area contributed by atoms with Gasteiger partial charge in [0.05, 0.1) is 32.7 Å². The smallest absolute Gasteiger partial charge is 0.337 e. The molecule has 4 aromatic rings. The van der Waals surface area contributed by atoms with E-state index in [2.05, 4.69) is 59.2 Å². The lowest BCUT2D eigenvalue weighted by atomic mass is 9.85. The van der Waals surface area contributed by atoms with Gasteiger partial charge in [-0.3, -0.25) is 62.6 Å². The minimum absolute atomic E-state index is 0.0191. The molecule has 10 atom stereocenters. The van der Waals surface area contributed by atoms with E-state index in [0.717, 1.165) is 36.5 Å². The minimum atomic E-state index is -3.89. The van der Waals surface area contributed by atoms with Crippen LogP contribution in [0.2, 0.25) is 0 Å². The zero-order chi connectivity index (χ0) is 71.9. The summed E-state index contributed by atoms with van der Waals surface area (Å²) in [7, 11) is -7.69. The van der Waals surface area contributed by atoms with Gasteiger partial charge in [0.15, 0.2) is 0 Å². The summed E-state index contributed by atoms with van der Waals surface area (Å²) in [5, 5.41) is 23.5. The van der Waals surface area contributed by atoms with E-state index < -0.39 is 148 Å². The summed E-state index contributed by atoms with van der Waals surface area (Å²) in [4.78, 5) is 143. The third-order valence-electron chi connectivity index (χ3n) is 19.6. The van der Waals surface area contributed by atoms with Crippen molar-refractivity contribution in [1.82, 2.24) is 55.8 Å². The Labute approximate surface area is 575 Å². The van der Waals surface area contributed by atoms with Crippen LogP contribution in [0.5, 0.6) is 0 Å². The summed E-state index contributed by atoms with van der Waals surface area (Å²) in [6.45, 7) is 18.5. The average molecular weight is 1400 g/mol. The molecule has 2 saturated heterocycles. The van der Waals surface area contributed by atoms with Crippen molar-refractivity contribution in [1.29, 1.82) is 0 Å². The van der Waals surface area contributed by atoms with E-state index in [0.29, 0.717) is 67.0 Å². The second-order valence-corrected chi connectivity index (χ2v) is 33.8. The Morgan fingerprint density at radius 3 is 1.39 bits per heavy atom. The van der Waals surface area contributed by atoms with Gasteiger partial charge in [0.25, 0.3) is 17.7 Å². The number of pyridine rings is 2. The maximum Gasteiger partial charge on any atom is 0.337 e. The van der Waals surface area contributed by atoms with Crippen LogP contribution in [0.1, 0.15) is 152 Å². The number of carbonyl (C=O) groups excluding carboxylic acids is 9. The highest BCUT2D eigenvalue weighted by Gasteiger charge is 2.63. The van der Waals surface area contributed by atoms with Gasteiger partial charge in [-0.2, -0.15) is 0 Å². The highest BCUT2D eigenvalue weighted by molar-refractivity contribution is 7.91. The normalized spacial score (nSPS) is 25.3. The number of nitrogens with zero attached hydrogens (tertiary/aromatic N) is 4. The molecule has 532 valence electrons. The Balaban J connectivity index is 0.000000185. The molecule has 6 aliphatic carbocycles. The van der Waals surface area contributed by atoms with Crippen molar-refractivity contribution in [2.24, 2.45) is 40.2 Å². The van der Waals surface area contributed by atoms with E-state index in [-0.39, 0.29) is 56.2 Å². The van der Waals surface area contributed by atoms with Crippen LogP contribution < -0.4 is 41.8 Å². The molecule has 99 heavy (non-hydrogen) atoms. The zero-order valence-electron chi connectivity index (χ0n) is 56.6. The number of aromatic carboxylic acids is 1. The number of fused-ring (bicyclic) bond motifs is 2. The minimum Gasteiger partial charge on any atom is -0.478 e. The summed E-state index contributed by atoms with van der Waals surface area (Å²) in [6.07, 6.45) is 13.3. The molecule has 9 amide bonds. The summed E-state index contributed by atoms with van der Waals surface area (Å²) in [5.74, 6) is -5.90. The number of benzene rings is 2. The van der Waals surface area contributed by atoms with Crippen LogP contribution in [0.3, 0.4) is 0 Å². The summed E-state index contributed by atoms with van der Waals surface area (Å²) in [5.41, 5.74) is 3.45. The largest absolute Gasteiger partial charge is 0.478 e. The van der Waals surface area contributed by atoms with Gasteiger partial charge in [-0.05, 0) is 124 Å². The van der Waals surface area contributed by atoms with Crippen molar-refractivity contribution < 1.29 is 69.9 Å². The van der Waals surface area contributed by atoms with E-state index in [9.17, 15) is 64.8 Å². The number of sulfonamides is 2. The number of amides is 9. The molecule has 8 fully saturated rings. The van der Waals surface area contributed by atoms with Crippen molar-refractivity contribution in [3.63, 3.8) is 0 Å². The number of nitrogens with one attached hydrogen (secondary N) is 7. The lowest BCUT2D eigenvalue weighted by Gasteiger charge is -2.35. The molecule has 2 aromatic carbocycles. The third kappa shape index (κ3) is 17.1. The molecule has 0 spiro atoms. The first-order valence-corrected chi connectivity index (χ1v) is 36.9. The first-order valence-electron chi connectivity index (χ1n) is 33.8. The van der Waals surface area contributed by atoms with Crippen LogP contribution in [0, 0.1) is 34.5 Å². The van der Waals surface area contributed by atoms with Crippen molar-refractivity contribution in [2.45, 2.75) is 189 Å². The molecule has 0 bridgehead atoms. The summed E-state index contributed by atoms with van der Waals surface area (Å²) >= 11 is 0. The van der Waals surface area contributed by atoms with Crippen molar-refractivity contribution in [2.75, 3.05) is 13.1 Å². The maximum absolute atomic E-state index is 14.4. The number of carboxylic acids is 1. The fourth-order valence-corrected chi connectivity index (χ4v) is 15.6. The van der Waals surface area contributed by atoms with E-state index in [1.165, 1.54) is 22.0 Å². The van der Waals surface area contributed by atoms with Gasteiger partial charge in [-0.25, -0.2) is 21.6 Å². The SMILES string of the molecule is C=CC1CC1(NC(=O)[C@@H]1C[C@@H](N)CN1C(=O)[C@@H](NC(=O)CC1CC1)C(C)(C)C)C(=O)NS(=O)(=O)C1CC1.C=CC1CC1(NC(=O)[C@@H]1C[C@@H](NC(=O)c2cccc3cccnc23)CN1C(=O)[C@@H](NC(=O)CC1CC1)C(C)(C)C)C(=O)NS(=O)(=O)C1CC1.O=C(O)c1cccc2cccnc12. The van der Waals surface area contributed by atoms with Gasteiger partial charge >= 0.3 is 5.97 Å². The number of rotatable bonds is 23. The van der Waals surface area contributed by atoms with Crippen LogP contribution in [0.15, 0.2) is 98.4 Å². The molecular weight excluding hydrogens is 1310 g/mol. The number of para-hydroxylation sites is 2. The third-order valence-corrected chi connectivity index (χ3v) is 23.2. The molecule has 0 radical (unpaired) electrons. The van der Waals surface area contributed by atoms with Crippen LogP contribution in [0.25, 0.3) is 21.8 Å². The first-order chi connectivity index (χ1) is 46.6. The first kappa shape index (κ1) is 73.0. The Kier molecular flexibility index (Phi) is 21.0. The van der Waals surface area contributed by atoms with Crippen molar-refractivity contribution in [3.8, 4) is 0 Å². The summed E-state index contributed by atoms with van der Waals surface area (Å²) in [6, 6.07) is 12.5. The van der Waals surface area contributed by atoms with Crippen molar-refractivity contribution >= 4 is 101 Å². The number of hydrogen-bond donors (Lipinski definition) is 9. The molecule has 2 aromatic heterocycles. The second-order valence-electron chi connectivity index (χ2n) is 29.9. The molecule has 27 nitrogen and oxygen atoms in total. The average Bonchev–Trinajstić information content (AvgIpc) is 1.58. The number of carboxylic acid groups (broad SMARTS) is 1. The highest BCUT2D eigenvalue weighted by Crippen LogP contribution is 2.47. The molecule has 29 heteroatoms. The molecule has 4 unspecified atom stereocenters. The lowest BCUT2D eigenvalue weighted by Crippen LogP contribution is -2.60.